The predicted octanol–water partition coefficient (Wildman–Crippen LogP) is 2.66. The van der Waals surface area contributed by atoms with Gasteiger partial charge in [0.25, 0.3) is 0 Å². The van der Waals surface area contributed by atoms with Crippen LogP contribution in [0.2, 0.25) is 0 Å². The molecular weight excluding hydrogens is 398 g/mol. The van der Waals surface area contributed by atoms with Crippen molar-refractivity contribution in [3.8, 4) is 0 Å². The van der Waals surface area contributed by atoms with Gasteiger partial charge in [-0.3, -0.25) is 9.59 Å². The fourth-order valence-corrected chi connectivity index (χ4v) is 5.80. The largest absolute Gasteiger partial charge is 0.459 e. The van der Waals surface area contributed by atoms with Crippen LogP contribution >= 0.6 is 0 Å². The van der Waals surface area contributed by atoms with Gasteiger partial charge in [0, 0.05) is 11.5 Å². The van der Waals surface area contributed by atoms with Gasteiger partial charge in [0.2, 0.25) is 5.54 Å². The summed E-state index contributed by atoms with van der Waals surface area (Å²) in [5.74, 6) is -1.39. The molecule has 2 aliphatic carbocycles. The van der Waals surface area contributed by atoms with Gasteiger partial charge in [0.05, 0.1) is 17.6 Å². The van der Waals surface area contributed by atoms with E-state index in [0.29, 0.717) is 24.1 Å². The van der Waals surface area contributed by atoms with Crippen LogP contribution < -0.4 is 5.01 Å². The van der Waals surface area contributed by atoms with Crippen LogP contribution in [0.25, 0.3) is 0 Å². The number of ether oxygens (including phenoxy) is 1. The molecule has 1 aromatic rings. The Morgan fingerprint density at radius 3 is 2.81 bits per heavy atom. The Morgan fingerprint density at radius 1 is 1.29 bits per heavy atom. The van der Waals surface area contributed by atoms with E-state index in [4.69, 9.17) is 4.74 Å². The van der Waals surface area contributed by atoms with Gasteiger partial charge in [-0.25, -0.2) is 9.80 Å². The van der Waals surface area contributed by atoms with Crippen molar-refractivity contribution in [1.82, 2.24) is 0 Å². The fourth-order valence-electron chi connectivity index (χ4n) is 5.80. The number of carbonyl (C=O) groups is 3. The summed E-state index contributed by atoms with van der Waals surface area (Å²) in [7, 11) is 0. The number of hydrogen-bond donors (Lipinski definition) is 1. The van der Waals surface area contributed by atoms with Crippen LogP contribution in [0.15, 0.2) is 46.8 Å². The van der Waals surface area contributed by atoms with Crippen LogP contribution in [0.5, 0.6) is 0 Å². The molecule has 162 valence electrons. The number of rotatable bonds is 2. The van der Waals surface area contributed by atoms with Crippen LogP contribution in [-0.2, 0) is 14.3 Å². The third-order valence-electron chi connectivity index (χ3n) is 7.90. The maximum atomic E-state index is 13.2. The van der Waals surface area contributed by atoms with Crippen LogP contribution in [0.3, 0.4) is 0 Å². The van der Waals surface area contributed by atoms with Crippen molar-refractivity contribution in [2.24, 2.45) is 27.6 Å². The third-order valence-corrected chi connectivity index (χ3v) is 7.90. The van der Waals surface area contributed by atoms with Gasteiger partial charge in [-0.1, -0.05) is 24.3 Å². The first-order chi connectivity index (χ1) is 14.6. The molecule has 2 heterocycles. The molecular formula is C23H25N3O5. The molecule has 2 fully saturated rings. The average molecular weight is 423 g/mol. The third kappa shape index (κ3) is 2.42. The zero-order chi connectivity index (χ0) is 22.2. The molecule has 3 unspecified atom stereocenters. The smallest absolute Gasteiger partial charge is 0.338 e. The number of carbonyl (C=O) groups excluding carboxylic acids is 3. The van der Waals surface area contributed by atoms with Gasteiger partial charge >= 0.3 is 5.97 Å². The lowest BCUT2D eigenvalue weighted by molar-refractivity contribution is -0.166. The van der Waals surface area contributed by atoms with E-state index in [1.54, 1.807) is 36.2 Å². The normalized spacial score (nSPS) is 40.8. The van der Waals surface area contributed by atoms with E-state index in [2.05, 4.69) is 10.3 Å². The van der Waals surface area contributed by atoms with Crippen molar-refractivity contribution in [3.05, 3.63) is 42.0 Å². The summed E-state index contributed by atoms with van der Waals surface area (Å²) < 4.78 is 5.84. The number of anilines is 1. The van der Waals surface area contributed by atoms with Crippen molar-refractivity contribution >= 4 is 23.2 Å². The molecule has 0 bridgehead atoms. The number of fused-ring (bicyclic) bond motifs is 4. The number of allylic oxidation sites excluding steroid dienone is 1. The molecule has 1 spiro atoms. The number of benzene rings is 1. The van der Waals surface area contributed by atoms with E-state index in [0.717, 1.165) is 0 Å². The number of hydrogen-bond acceptors (Lipinski definition) is 8. The number of esters is 1. The minimum Gasteiger partial charge on any atom is -0.459 e. The summed E-state index contributed by atoms with van der Waals surface area (Å²) in [6, 6.07) is 7.02. The minimum absolute atomic E-state index is 0.0646. The van der Waals surface area contributed by atoms with Crippen LogP contribution in [-0.4, -0.2) is 46.4 Å². The van der Waals surface area contributed by atoms with Crippen LogP contribution in [0.4, 0.5) is 5.69 Å². The first-order valence-electron chi connectivity index (χ1n) is 10.6. The molecule has 4 aliphatic rings. The van der Waals surface area contributed by atoms with Crippen LogP contribution in [0, 0.1) is 17.3 Å². The van der Waals surface area contributed by atoms with Crippen LogP contribution in [0.1, 0.15) is 44.0 Å². The number of aliphatic hydroxyl groups is 1. The summed E-state index contributed by atoms with van der Waals surface area (Å²) >= 11 is 0. The quantitative estimate of drug-likeness (QED) is 0.579. The molecule has 1 N–H and O–H groups in total. The predicted molar refractivity (Wildman–Crippen MR) is 110 cm³/mol. The van der Waals surface area contributed by atoms with Gasteiger partial charge in [-0.15, -0.1) is 5.11 Å². The molecule has 1 saturated heterocycles. The second kappa shape index (κ2) is 6.32. The highest BCUT2D eigenvalue weighted by Crippen LogP contribution is 2.59. The Bertz CT molecular complexity index is 1070. The molecule has 1 saturated carbocycles. The van der Waals surface area contributed by atoms with Crippen molar-refractivity contribution in [1.29, 1.82) is 0 Å². The zero-order valence-electron chi connectivity index (χ0n) is 17.7. The van der Waals surface area contributed by atoms with E-state index >= 15 is 0 Å². The van der Waals surface area contributed by atoms with E-state index in [9.17, 15) is 19.5 Å². The molecule has 31 heavy (non-hydrogen) atoms. The Morgan fingerprint density at radius 2 is 2.06 bits per heavy atom. The standard InChI is InChI=1S/C23H25N3O5/c1-13-7-8-17-19(21(3)18(28)9-10-23(13,21)30)31-20(29)22(17)12-26(25-24-22)16-6-4-5-15(11-16)14(2)27/h4-6,9-11,13,17,19,30H,7-8,12H2,1-3H3/t13-,17?,19?,21-,22?,23+/m0/s1. The summed E-state index contributed by atoms with van der Waals surface area (Å²) in [5, 5.41) is 21.7. The molecule has 1 aromatic carbocycles. The Hall–Kier alpha value is -2.87. The minimum atomic E-state index is -1.37. The highest BCUT2D eigenvalue weighted by Gasteiger charge is 2.72. The average Bonchev–Trinajstić information content (AvgIpc) is 3.37. The monoisotopic (exact) mass is 423 g/mol. The second-order valence-electron chi connectivity index (χ2n) is 9.41. The van der Waals surface area contributed by atoms with E-state index in [1.165, 1.54) is 13.0 Å². The molecule has 8 nitrogen and oxygen atoms in total. The number of ketones is 2. The van der Waals surface area contributed by atoms with Crippen molar-refractivity contribution in [2.75, 3.05) is 11.6 Å². The van der Waals surface area contributed by atoms with Gasteiger partial charge in [-0.05, 0) is 56.9 Å². The first-order valence-corrected chi connectivity index (χ1v) is 10.6. The van der Waals surface area contributed by atoms with E-state index in [1.807, 2.05) is 13.0 Å². The lowest BCUT2D eigenvalue weighted by atomic mass is 9.63. The summed E-state index contributed by atoms with van der Waals surface area (Å²) in [6.45, 7) is 5.28. The van der Waals surface area contributed by atoms with Gasteiger partial charge in [0.15, 0.2) is 11.6 Å². The second-order valence-corrected chi connectivity index (χ2v) is 9.41. The highest BCUT2D eigenvalue weighted by atomic mass is 16.6. The molecule has 8 heteroatoms. The Labute approximate surface area is 179 Å². The van der Waals surface area contributed by atoms with Gasteiger partial charge in [0.1, 0.15) is 11.7 Å². The maximum absolute atomic E-state index is 13.2. The Balaban J connectivity index is 1.52. The van der Waals surface area contributed by atoms with Crippen molar-refractivity contribution in [2.45, 2.75) is 50.9 Å². The lowest BCUT2D eigenvalue weighted by Gasteiger charge is -2.43. The SMILES string of the molecule is CC(=O)c1cccc(N2CC3(N=N2)C(=O)OC2C3CC[C@H](C)[C@]3(O)C=CC(=O)[C@@]23C)c1. The molecule has 5 rings (SSSR count). The Kier molecular flexibility index (Phi) is 4.09. The molecule has 0 aromatic heterocycles. The summed E-state index contributed by atoms with van der Waals surface area (Å²) in [4.78, 5) is 37.9. The van der Waals surface area contributed by atoms with E-state index < -0.39 is 34.5 Å². The molecule has 0 amide bonds. The zero-order valence-corrected chi connectivity index (χ0v) is 17.7. The fraction of sp³-hybridized carbons (Fsp3) is 0.522. The molecule has 6 atom stereocenters. The maximum Gasteiger partial charge on any atom is 0.338 e. The highest BCUT2D eigenvalue weighted by molar-refractivity contribution is 6.01. The summed E-state index contributed by atoms with van der Waals surface area (Å²) in [5.41, 5.74) is -2.67. The molecule has 2 aliphatic heterocycles. The lowest BCUT2D eigenvalue weighted by Crippen LogP contribution is -2.57. The van der Waals surface area contributed by atoms with E-state index in [-0.39, 0.29) is 24.0 Å². The molecule has 0 radical (unpaired) electrons. The summed E-state index contributed by atoms with van der Waals surface area (Å²) in [6.07, 6.45) is 3.39. The first kappa shape index (κ1) is 20.1. The van der Waals surface area contributed by atoms with Gasteiger partial charge in [-0.2, -0.15) is 0 Å². The number of nitrogens with zero attached hydrogens (tertiary/aromatic N) is 3. The topological polar surface area (TPSA) is 109 Å². The van der Waals surface area contributed by atoms with Crippen molar-refractivity contribution < 1.29 is 24.2 Å². The number of Topliss-reactive ketones (excluding diaryl/α,β-unsaturated/α-hetero) is 1. The van der Waals surface area contributed by atoms with Gasteiger partial charge < -0.3 is 9.84 Å². The van der Waals surface area contributed by atoms with Crippen molar-refractivity contribution in [3.63, 3.8) is 0 Å².